The van der Waals surface area contributed by atoms with Gasteiger partial charge in [0.05, 0.1) is 6.61 Å². The SMILES string of the molecule is CCOC(=O)CN(C)C(=O)Oc1ccc(O)cc1C(CCN(C(C)C)C(C)C)c1ccccc1.Cl. The zero-order valence-electron chi connectivity index (χ0n) is 21.6. The summed E-state index contributed by atoms with van der Waals surface area (Å²) in [6.07, 6.45) is 0.102. The minimum atomic E-state index is -0.669. The van der Waals surface area contributed by atoms with Gasteiger partial charge in [0.15, 0.2) is 0 Å². The average molecular weight is 507 g/mol. The number of rotatable bonds is 11. The number of hydrogen-bond acceptors (Lipinski definition) is 6. The number of hydrogen-bond donors (Lipinski definition) is 1. The molecule has 1 N–H and O–H groups in total. The molecule has 0 aliphatic carbocycles. The van der Waals surface area contributed by atoms with E-state index in [1.807, 2.05) is 30.3 Å². The van der Waals surface area contributed by atoms with Gasteiger partial charge in [-0.25, -0.2) is 4.79 Å². The number of benzene rings is 2. The molecule has 2 aromatic rings. The maximum Gasteiger partial charge on any atom is 0.415 e. The van der Waals surface area contributed by atoms with Crippen LogP contribution in [-0.4, -0.2) is 65.8 Å². The molecule has 0 bridgehead atoms. The molecule has 0 aromatic heterocycles. The van der Waals surface area contributed by atoms with E-state index in [0.29, 0.717) is 17.8 Å². The zero-order valence-corrected chi connectivity index (χ0v) is 22.4. The van der Waals surface area contributed by atoms with Crippen molar-refractivity contribution in [2.45, 2.75) is 59.0 Å². The molecule has 0 aliphatic rings. The Bertz CT molecular complexity index is 928. The molecule has 2 rings (SSSR count). The number of esters is 1. The summed E-state index contributed by atoms with van der Waals surface area (Å²) in [4.78, 5) is 28.1. The Morgan fingerprint density at radius 3 is 2.20 bits per heavy atom. The third-order valence-corrected chi connectivity index (χ3v) is 5.75. The molecule has 0 fully saturated rings. The number of ether oxygens (including phenoxy) is 2. The van der Waals surface area contributed by atoms with Crippen LogP contribution in [0.1, 0.15) is 58.1 Å². The lowest BCUT2D eigenvalue weighted by atomic mass is 9.87. The zero-order chi connectivity index (χ0) is 25.3. The smallest absolute Gasteiger partial charge is 0.415 e. The maximum absolute atomic E-state index is 12.7. The number of phenolic OH excluding ortho intramolecular Hbond substituents is 1. The topological polar surface area (TPSA) is 79.3 Å². The molecule has 0 radical (unpaired) electrons. The molecule has 7 nitrogen and oxygen atoms in total. The Hall–Kier alpha value is -2.77. The Kier molecular flexibility index (Phi) is 12.6. The lowest BCUT2D eigenvalue weighted by Gasteiger charge is -2.32. The van der Waals surface area contributed by atoms with Gasteiger partial charge in [-0.15, -0.1) is 12.4 Å². The number of nitrogens with zero attached hydrogens (tertiary/aromatic N) is 2. The van der Waals surface area contributed by atoms with Gasteiger partial charge in [0.25, 0.3) is 0 Å². The molecule has 0 spiro atoms. The van der Waals surface area contributed by atoms with Crippen molar-refractivity contribution in [3.05, 3.63) is 59.7 Å². The third kappa shape index (κ3) is 9.07. The summed E-state index contributed by atoms with van der Waals surface area (Å²) in [5, 5.41) is 10.3. The molecule has 1 atom stereocenters. The van der Waals surface area contributed by atoms with Crippen LogP contribution in [0.15, 0.2) is 48.5 Å². The first kappa shape index (κ1) is 30.3. The minimum Gasteiger partial charge on any atom is -0.508 e. The van der Waals surface area contributed by atoms with Gasteiger partial charge in [0.1, 0.15) is 18.0 Å². The maximum atomic E-state index is 12.7. The summed E-state index contributed by atoms with van der Waals surface area (Å²) in [7, 11) is 1.48. The van der Waals surface area contributed by atoms with Crippen molar-refractivity contribution >= 4 is 24.5 Å². The van der Waals surface area contributed by atoms with Crippen molar-refractivity contribution in [1.29, 1.82) is 0 Å². The fourth-order valence-electron chi connectivity index (χ4n) is 4.12. The molecule has 0 saturated heterocycles. The highest BCUT2D eigenvalue weighted by Crippen LogP contribution is 2.37. The van der Waals surface area contributed by atoms with Gasteiger partial charge in [0.2, 0.25) is 0 Å². The molecule has 0 heterocycles. The van der Waals surface area contributed by atoms with Crippen LogP contribution in [0, 0.1) is 0 Å². The van der Waals surface area contributed by atoms with Crippen molar-refractivity contribution < 1.29 is 24.2 Å². The summed E-state index contributed by atoms with van der Waals surface area (Å²) in [6.45, 7) is 11.3. The highest BCUT2D eigenvalue weighted by atomic mass is 35.5. The molecule has 1 unspecified atom stereocenters. The first-order valence-corrected chi connectivity index (χ1v) is 11.9. The monoisotopic (exact) mass is 506 g/mol. The molecule has 35 heavy (non-hydrogen) atoms. The van der Waals surface area contributed by atoms with Crippen LogP contribution in [0.4, 0.5) is 4.79 Å². The van der Waals surface area contributed by atoms with Gasteiger partial charge in [-0.3, -0.25) is 14.6 Å². The number of aromatic hydroxyl groups is 1. The Morgan fingerprint density at radius 1 is 1.00 bits per heavy atom. The lowest BCUT2D eigenvalue weighted by Crippen LogP contribution is -2.38. The Labute approximate surface area is 215 Å². The predicted octanol–water partition coefficient (Wildman–Crippen LogP) is 5.45. The number of likely N-dealkylation sites (N-methyl/N-ethyl adjacent to an activating group) is 1. The first-order valence-electron chi connectivity index (χ1n) is 11.9. The normalized spacial score (nSPS) is 11.8. The van der Waals surface area contributed by atoms with Crippen molar-refractivity contribution in [3.8, 4) is 11.5 Å². The molecule has 1 amide bonds. The molecule has 194 valence electrons. The van der Waals surface area contributed by atoms with E-state index in [4.69, 9.17) is 9.47 Å². The van der Waals surface area contributed by atoms with Crippen LogP contribution in [0.3, 0.4) is 0 Å². The first-order chi connectivity index (χ1) is 16.1. The van der Waals surface area contributed by atoms with E-state index in [1.54, 1.807) is 19.1 Å². The molecular weight excluding hydrogens is 468 g/mol. The molecule has 0 saturated carbocycles. The highest BCUT2D eigenvalue weighted by molar-refractivity contribution is 5.85. The van der Waals surface area contributed by atoms with Crippen molar-refractivity contribution in [2.24, 2.45) is 0 Å². The van der Waals surface area contributed by atoms with Crippen LogP contribution in [0.25, 0.3) is 0 Å². The second-order valence-electron chi connectivity index (χ2n) is 8.93. The van der Waals surface area contributed by atoms with Crippen molar-refractivity contribution in [1.82, 2.24) is 9.80 Å². The van der Waals surface area contributed by atoms with Crippen LogP contribution in [0.2, 0.25) is 0 Å². The number of carbonyl (C=O) groups is 2. The van der Waals surface area contributed by atoms with E-state index in [9.17, 15) is 14.7 Å². The summed E-state index contributed by atoms with van der Waals surface area (Å²) < 4.78 is 10.6. The van der Waals surface area contributed by atoms with E-state index in [0.717, 1.165) is 24.1 Å². The molecular formula is C27H39ClN2O5. The summed E-state index contributed by atoms with van der Waals surface area (Å²) >= 11 is 0. The van der Waals surface area contributed by atoms with E-state index in [2.05, 4.69) is 32.6 Å². The predicted molar refractivity (Wildman–Crippen MR) is 141 cm³/mol. The summed E-state index contributed by atoms with van der Waals surface area (Å²) in [6, 6.07) is 15.5. The van der Waals surface area contributed by atoms with Crippen LogP contribution < -0.4 is 4.74 Å². The van der Waals surface area contributed by atoms with Crippen LogP contribution in [-0.2, 0) is 9.53 Å². The Balaban J connectivity index is 0.00000612. The van der Waals surface area contributed by atoms with E-state index in [-0.39, 0.29) is 37.2 Å². The third-order valence-electron chi connectivity index (χ3n) is 5.75. The van der Waals surface area contributed by atoms with E-state index in [1.165, 1.54) is 18.0 Å². The van der Waals surface area contributed by atoms with Gasteiger partial charge in [-0.2, -0.15) is 0 Å². The fourth-order valence-corrected chi connectivity index (χ4v) is 4.12. The van der Waals surface area contributed by atoms with Crippen LogP contribution >= 0.6 is 12.4 Å². The van der Waals surface area contributed by atoms with Crippen molar-refractivity contribution in [2.75, 3.05) is 26.7 Å². The second-order valence-corrected chi connectivity index (χ2v) is 8.93. The number of amides is 1. The minimum absolute atomic E-state index is 0. The number of halogens is 1. The highest BCUT2D eigenvalue weighted by Gasteiger charge is 2.24. The molecule has 2 aromatic carbocycles. The van der Waals surface area contributed by atoms with E-state index >= 15 is 0 Å². The van der Waals surface area contributed by atoms with E-state index < -0.39 is 12.1 Å². The summed E-state index contributed by atoms with van der Waals surface area (Å²) in [5.74, 6) is -0.155. The van der Waals surface area contributed by atoms with Crippen LogP contribution in [0.5, 0.6) is 11.5 Å². The standard InChI is InChI=1S/C27H38N2O5.ClH/c1-7-33-26(31)18-28(6)27(32)34-25-14-13-22(30)17-24(25)23(21-11-9-8-10-12-21)15-16-29(19(2)3)20(4)5;/h8-14,17,19-20,23,30H,7,15-16,18H2,1-6H3;1H. The van der Waals surface area contributed by atoms with Gasteiger partial charge in [-0.05, 0) is 71.3 Å². The quantitative estimate of drug-likeness (QED) is 0.408. The fraction of sp³-hybridized carbons (Fsp3) is 0.481. The Morgan fingerprint density at radius 2 is 1.63 bits per heavy atom. The van der Waals surface area contributed by atoms with Gasteiger partial charge < -0.3 is 14.6 Å². The molecule has 8 heteroatoms. The summed E-state index contributed by atoms with van der Waals surface area (Å²) in [5.41, 5.74) is 1.79. The largest absolute Gasteiger partial charge is 0.508 e. The van der Waals surface area contributed by atoms with Gasteiger partial charge in [0, 0.05) is 30.6 Å². The lowest BCUT2D eigenvalue weighted by molar-refractivity contribution is -0.143. The second kappa shape index (κ2) is 14.6. The number of phenols is 1. The van der Waals surface area contributed by atoms with Gasteiger partial charge in [-0.1, -0.05) is 30.3 Å². The molecule has 0 aliphatic heterocycles. The van der Waals surface area contributed by atoms with Gasteiger partial charge >= 0.3 is 12.1 Å². The number of carbonyl (C=O) groups excluding carboxylic acids is 2. The van der Waals surface area contributed by atoms with Crippen molar-refractivity contribution in [3.63, 3.8) is 0 Å². The average Bonchev–Trinajstić information content (AvgIpc) is 2.78.